The first kappa shape index (κ1) is 12.3. The third-order valence-corrected chi connectivity index (χ3v) is 1.92. The zero-order valence-corrected chi connectivity index (χ0v) is 8.41. The molecule has 0 aliphatic rings. The highest BCUT2D eigenvalue weighted by Gasteiger charge is 2.21. The van der Waals surface area contributed by atoms with Crippen molar-refractivity contribution in [2.45, 2.75) is 13.0 Å². The van der Waals surface area contributed by atoms with Crippen LogP contribution < -0.4 is 5.73 Å². The Balaban J connectivity index is 3.34. The van der Waals surface area contributed by atoms with E-state index in [0.717, 1.165) is 13.2 Å². The summed E-state index contributed by atoms with van der Waals surface area (Å²) < 4.78 is 29.3. The number of methoxy groups -OCH3 is 1. The standard InChI is InChI=1S/C9H10F2N2O3/c1-16-9(15)5-2-4(3-12)7(14)6(13-5)8(10)11/h2,8,14H,3,12H2,1H3. The predicted octanol–water partition coefficient (Wildman–Crippen LogP) is 0.970. The van der Waals surface area contributed by atoms with E-state index in [2.05, 4.69) is 9.72 Å². The van der Waals surface area contributed by atoms with E-state index < -0.39 is 23.8 Å². The van der Waals surface area contributed by atoms with Gasteiger partial charge in [0, 0.05) is 12.1 Å². The first-order valence-corrected chi connectivity index (χ1v) is 4.30. The second-order valence-corrected chi connectivity index (χ2v) is 2.90. The van der Waals surface area contributed by atoms with Gasteiger partial charge in [-0.2, -0.15) is 0 Å². The van der Waals surface area contributed by atoms with Gasteiger partial charge in [-0.05, 0) is 6.07 Å². The molecule has 1 aromatic heterocycles. The number of nitrogens with zero attached hydrogens (tertiary/aromatic N) is 1. The van der Waals surface area contributed by atoms with Gasteiger partial charge in [0.05, 0.1) is 7.11 Å². The lowest BCUT2D eigenvalue weighted by Gasteiger charge is -2.09. The molecule has 5 nitrogen and oxygen atoms in total. The van der Waals surface area contributed by atoms with Crippen LogP contribution >= 0.6 is 0 Å². The van der Waals surface area contributed by atoms with Gasteiger partial charge >= 0.3 is 5.97 Å². The number of alkyl halides is 2. The van der Waals surface area contributed by atoms with E-state index in [1.165, 1.54) is 0 Å². The van der Waals surface area contributed by atoms with Gasteiger partial charge in [-0.25, -0.2) is 18.6 Å². The molecule has 1 rings (SSSR count). The highest BCUT2D eigenvalue weighted by molar-refractivity contribution is 5.87. The second kappa shape index (κ2) is 4.84. The monoisotopic (exact) mass is 232 g/mol. The van der Waals surface area contributed by atoms with Crippen molar-refractivity contribution in [2.75, 3.05) is 7.11 Å². The molecule has 0 radical (unpaired) electrons. The van der Waals surface area contributed by atoms with Gasteiger partial charge in [0.2, 0.25) is 0 Å². The number of nitrogens with two attached hydrogens (primary N) is 1. The van der Waals surface area contributed by atoms with Gasteiger partial charge in [0.25, 0.3) is 6.43 Å². The van der Waals surface area contributed by atoms with Crippen LogP contribution in [0.15, 0.2) is 6.07 Å². The van der Waals surface area contributed by atoms with Crippen LogP contribution in [0.3, 0.4) is 0 Å². The Hall–Kier alpha value is -1.76. The van der Waals surface area contributed by atoms with E-state index in [9.17, 15) is 18.7 Å². The molecule has 0 bridgehead atoms. The van der Waals surface area contributed by atoms with Crippen LogP contribution in [0.5, 0.6) is 5.75 Å². The lowest BCUT2D eigenvalue weighted by molar-refractivity contribution is 0.0592. The normalized spacial score (nSPS) is 10.6. The minimum absolute atomic E-state index is 0.0192. The molecule has 0 spiro atoms. The fourth-order valence-electron chi connectivity index (χ4n) is 1.13. The van der Waals surface area contributed by atoms with Gasteiger partial charge in [-0.15, -0.1) is 0 Å². The molecule has 0 saturated carbocycles. The molecule has 0 saturated heterocycles. The Labute approximate surface area is 89.9 Å². The number of carbonyl (C=O) groups is 1. The molecule has 3 N–H and O–H groups in total. The first-order valence-electron chi connectivity index (χ1n) is 4.30. The van der Waals surface area contributed by atoms with Gasteiger partial charge in [-0.3, -0.25) is 0 Å². The quantitative estimate of drug-likeness (QED) is 0.758. The van der Waals surface area contributed by atoms with E-state index in [4.69, 9.17) is 5.73 Å². The molecular formula is C9H10F2N2O3. The smallest absolute Gasteiger partial charge is 0.356 e. The maximum Gasteiger partial charge on any atom is 0.356 e. The van der Waals surface area contributed by atoms with Crippen LogP contribution in [-0.4, -0.2) is 23.2 Å². The zero-order chi connectivity index (χ0) is 12.3. The topological polar surface area (TPSA) is 85.4 Å². The summed E-state index contributed by atoms with van der Waals surface area (Å²) in [6, 6.07) is 1.12. The number of ether oxygens (including phenoxy) is 1. The molecule has 0 amide bonds. The van der Waals surface area contributed by atoms with Crippen molar-refractivity contribution in [3.63, 3.8) is 0 Å². The lowest BCUT2D eigenvalue weighted by Crippen LogP contribution is -2.10. The van der Waals surface area contributed by atoms with Crippen LogP contribution in [0, 0.1) is 0 Å². The molecule has 16 heavy (non-hydrogen) atoms. The molecule has 7 heteroatoms. The van der Waals surface area contributed by atoms with E-state index in [1.54, 1.807) is 0 Å². The number of hydrogen-bond donors (Lipinski definition) is 2. The van der Waals surface area contributed by atoms with Crippen LogP contribution in [0.25, 0.3) is 0 Å². The van der Waals surface area contributed by atoms with Crippen molar-refractivity contribution >= 4 is 5.97 Å². The largest absolute Gasteiger partial charge is 0.505 e. The number of carbonyl (C=O) groups excluding carboxylic acids is 1. The number of hydrogen-bond acceptors (Lipinski definition) is 5. The summed E-state index contributed by atoms with van der Waals surface area (Å²) in [6.07, 6.45) is -2.99. The highest BCUT2D eigenvalue weighted by Crippen LogP contribution is 2.29. The fourth-order valence-corrected chi connectivity index (χ4v) is 1.13. The molecule has 1 aromatic rings. The van der Waals surface area contributed by atoms with Crippen molar-refractivity contribution in [1.29, 1.82) is 0 Å². The van der Waals surface area contributed by atoms with E-state index in [1.807, 2.05) is 0 Å². The maximum atomic E-state index is 12.5. The summed E-state index contributed by atoms with van der Waals surface area (Å²) in [5.41, 5.74) is 4.08. The van der Waals surface area contributed by atoms with E-state index in [-0.39, 0.29) is 17.8 Å². The summed E-state index contributed by atoms with van der Waals surface area (Å²) in [6.45, 7) is -0.182. The molecule has 0 fully saturated rings. The minimum Gasteiger partial charge on any atom is -0.505 e. The Morgan fingerprint density at radius 3 is 2.75 bits per heavy atom. The van der Waals surface area contributed by atoms with Crippen LogP contribution in [0.4, 0.5) is 8.78 Å². The number of aromatic nitrogens is 1. The molecule has 0 aliphatic carbocycles. The Kier molecular flexibility index (Phi) is 3.73. The van der Waals surface area contributed by atoms with Gasteiger partial charge in [0.1, 0.15) is 17.1 Å². The second-order valence-electron chi connectivity index (χ2n) is 2.90. The minimum atomic E-state index is -2.99. The third kappa shape index (κ3) is 2.25. The zero-order valence-electron chi connectivity index (χ0n) is 8.41. The van der Waals surface area contributed by atoms with Crippen molar-refractivity contribution in [1.82, 2.24) is 4.98 Å². The summed E-state index contributed by atoms with van der Waals surface area (Å²) in [5.74, 6) is -1.55. The molecule has 0 aromatic carbocycles. The third-order valence-electron chi connectivity index (χ3n) is 1.92. The van der Waals surface area contributed by atoms with Crippen molar-refractivity contribution < 1.29 is 23.4 Å². The summed E-state index contributed by atoms with van der Waals surface area (Å²) in [4.78, 5) is 14.4. The van der Waals surface area contributed by atoms with E-state index in [0.29, 0.717) is 0 Å². The molecule has 0 unspecified atom stereocenters. The average molecular weight is 232 g/mol. The maximum absolute atomic E-state index is 12.5. The number of esters is 1. The summed E-state index contributed by atoms with van der Waals surface area (Å²) in [5, 5.41) is 9.36. The fraction of sp³-hybridized carbons (Fsp3) is 0.333. The first-order chi connectivity index (χ1) is 7.51. The van der Waals surface area contributed by atoms with Crippen LogP contribution in [-0.2, 0) is 11.3 Å². The molecular weight excluding hydrogens is 222 g/mol. The van der Waals surface area contributed by atoms with Gasteiger partial charge in [0.15, 0.2) is 0 Å². The van der Waals surface area contributed by atoms with Gasteiger partial charge in [-0.1, -0.05) is 0 Å². The van der Waals surface area contributed by atoms with Crippen molar-refractivity contribution in [3.05, 3.63) is 23.0 Å². The molecule has 1 heterocycles. The predicted molar refractivity (Wildman–Crippen MR) is 50.1 cm³/mol. The number of aromatic hydroxyl groups is 1. The SMILES string of the molecule is COC(=O)c1cc(CN)c(O)c(C(F)F)n1. The summed E-state index contributed by atoms with van der Waals surface area (Å²) >= 11 is 0. The van der Waals surface area contributed by atoms with Crippen LogP contribution in [0.2, 0.25) is 0 Å². The van der Waals surface area contributed by atoms with E-state index >= 15 is 0 Å². The molecule has 88 valence electrons. The Morgan fingerprint density at radius 2 is 2.31 bits per heavy atom. The van der Waals surface area contributed by atoms with Crippen molar-refractivity contribution in [3.8, 4) is 5.75 Å². The lowest BCUT2D eigenvalue weighted by atomic mass is 10.1. The molecule has 0 atom stereocenters. The number of halogens is 2. The number of pyridine rings is 1. The van der Waals surface area contributed by atoms with Crippen molar-refractivity contribution in [2.24, 2.45) is 5.73 Å². The highest BCUT2D eigenvalue weighted by atomic mass is 19.3. The Bertz CT molecular complexity index is 410. The van der Waals surface area contributed by atoms with Crippen LogP contribution in [0.1, 0.15) is 28.2 Å². The summed E-state index contributed by atoms with van der Waals surface area (Å²) in [7, 11) is 1.10. The Morgan fingerprint density at radius 1 is 1.69 bits per heavy atom. The number of rotatable bonds is 3. The average Bonchev–Trinajstić information content (AvgIpc) is 2.27. The van der Waals surface area contributed by atoms with Gasteiger partial charge < -0.3 is 15.6 Å². The molecule has 0 aliphatic heterocycles.